The number of benzene rings is 1. The molecule has 0 amide bonds. The highest BCUT2D eigenvalue weighted by Crippen LogP contribution is 2.24. The maximum absolute atomic E-state index is 5.83. The smallest absolute Gasteiger partial charge is 0.257 e. The molecule has 0 atom stereocenters. The zero-order chi connectivity index (χ0) is 11.4. The van der Waals surface area contributed by atoms with Gasteiger partial charge in [-0.1, -0.05) is 30.7 Å². The van der Waals surface area contributed by atoms with Gasteiger partial charge in [-0.15, -0.1) is 0 Å². The molecule has 4 heteroatoms. The quantitative estimate of drug-likeness (QED) is 0.816. The average molecular weight is 235 g/mol. The van der Waals surface area contributed by atoms with Gasteiger partial charge in [0.2, 0.25) is 0 Å². The lowest BCUT2D eigenvalue weighted by atomic mass is 10.2. The average Bonchev–Trinajstić information content (AvgIpc) is 2.33. The number of hydrogen-bond donors (Lipinski definition) is 0. The first-order chi connectivity index (χ1) is 7.79. The van der Waals surface area contributed by atoms with E-state index in [0.29, 0.717) is 11.6 Å². The lowest BCUT2D eigenvalue weighted by Crippen LogP contribution is -1.90. The molecule has 16 heavy (non-hydrogen) atoms. The molecule has 2 rings (SSSR count). The molecule has 0 saturated heterocycles. The molecule has 0 aliphatic carbocycles. The van der Waals surface area contributed by atoms with Gasteiger partial charge in [-0.25, -0.2) is 9.97 Å². The molecule has 1 aromatic carbocycles. The Labute approximate surface area is 99.1 Å². The first-order valence-electron chi connectivity index (χ1n) is 5.03. The maximum Gasteiger partial charge on any atom is 0.257 e. The van der Waals surface area contributed by atoms with E-state index in [0.717, 1.165) is 6.42 Å². The van der Waals surface area contributed by atoms with Crippen molar-refractivity contribution in [2.45, 2.75) is 13.3 Å². The monoisotopic (exact) mass is 234 g/mol. The number of aryl methyl sites for hydroxylation is 1. The topological polar surface area (TPSA) is 35.0 Å². The van der Waals surface area contributed by atoms with Crippen LogP contribution in [-0.2, 0) is 6.42 Å². The predicted molar refractivity (Wildman–Crippen MR) is 62.9 cm³/mol. The van der Waals surface area contributed by atoms with Crippen LogP contribution >= 0.6 is 11.6 Å². The standard InChI is InChI=1S/C12H11ClN2O/c1-2-9-3-5-10(6-4-9)16-12-11(13)14-7-8-15-12/h3-8H,2H2,1H3. The van der Waals surface area contributed by atoms with Crippen LogP contribution in [0.5, 0.6) is 11.6 Å². The Morgan fingerprint density at radius 3 is 2.44 bits per heavy atom. The van der Waals surface area contributed by atoms with E-state index in [2.05, 4.69) is 16.9 Å². The Morgan fingerprint density at radius 2 is 1.81 bits per heavy atom. The summed E-state index contributed by atoms with van der Waals surface area (Å²) in [6.45, 7) is 2.11. The lowest BCUT2D eigenvalue weighted by Gasteiger charge is -2.05. The molecule has 0 unspecified atom stereocenters. The van der Waals surface area contributed by atoms with Gasteiger partial charge in [-0.05, 0) is 24.1 Å². The van der Waals surface area contributed by atoms with Crippen LogP contribution in [0.1, 0.15) is 12.5 Å². The van der Waals surface area contributed by atoms with Crippen molar-refractivity contribution in [3.8, 4) is 11.6 Å². The van der Waals surface area contributed by atoms with Gasteiger partial charge in [0.15, 0.2) is 5.15 Å². The molecule has 0 aliphatic rings. The summed E-state index contributed by atoms with van der Waals surface area (Å²) in [6.07, 6.45) is 4.07. The van der Waals surface area contributed by atoms with Gasteiger partial charge in [-0.2, -0.15) is 0 Å². The second-order valence-electron chi connectivity index (χ2n) is 3.25. The van der Waals surface area contributed by atoms with Gasteiger partial charge >= 0.3 is 0 Å². The van der Waals surface area contributed by atoms with Crippen LogP contribution in [-0.4, -0.2) is 9.97 Å². The van der Waals surface area contributed by atoms with Gasteiger partial charge in [0.1, 0.15) is 5.75 Å². The normalized spacial score (nSPS) is 10.1. The van der Waals surface area contributed by atoms with Crippen molar-refractivity contribution >= 4 is 11.6 Å². The van der Waals surface area contributed by atoms with E-state index in [-0.39, 0.29) is 5.15 Å². The third-order valence-electron chi connectivity index (χ3n) is 2.17. The third-order valence-corrected chi connectivity index (χ3v) is 2.43. The van der Waals surface area contributed by atoms with Crippen molar-refractivity contribution < 1.29 is 4.74 Å². The summed E-state index contributed by atoms with van der Waals surface area (Å²) in [5.74, 6) is 1.04. The second-order valence-corrected chi connectivity index (χ2v) is 3.61. The fourth-order valence-corrected chi connectivity index (χ4v) is 1.43. The van der Waals surface area contributed by atoms with Crippen molar-refractivity contribution in [3.63, 3.8) is 0 Å². The number of ether oxygens (including phenoxy) is 1. The minimum Gasteiger partial charge on any atom is -0.436 e. The summed E-state index contributed by atoms with van der Waals surface area (Å²) < 4.78 is 5.50. The van der Waals surface area contributed by atoms with Crippen LogP contribution in [0.15, 0.2) is 36.7 Å². The van der Waals surface area contributed by atoms with E-state index < -0.39 is 0 Å². The van der Waals surface area contributed by atoms with Crippen molar-refractivity contribution in [2.24, 2.45) is 0 Å². The van der Waals surface area contributed by atoms with E-state index in [1.54, 1.807) is 6.20 Å². The molecular formula is C12H11ClN2O. The van der Waals surface area contributed by atoms with Crippen LogP contribution in [0, 0.1) is 0 Å². The molecule has 2 aromatic rings. The number of halogens is 1. The molecule has 0 bridgehead atoms. The first-order valence-corrected chi connectivity index (χ1v) is 5.40. The first kappa shape index (κ1) is 10.9. The molecule has 0 aliphatic heterocycles. The third kappa shape index (κ3) is 2.49. The van der Waals surface area contributed by atoms with E-state index >= 15 is 0 Å². The van der Waals surface area contributed by atoms with Gasteiger partial charge in [0, 0.05) is 12.4 Å². The number of nitrogens with zero attached hydrogens (tertiary/aromatic N) is 2. The Kier molecular flexibility index (Phi) is 3.37. The van der Waals surface area contributed by atoms with Crippen molar-refractivity contribution in [3.05, 3.63) is 47.4 Å². The zero-order valence-corrected chi connectivity index (χ0v) is 9.61. The van der Waals surface area contributed by atoms with Crippen molar-refractivity contribution in [1.82, 2.24) is 9.97 Å². The second kappa shape index (κ2) is 4.94. The van der Waals surface area contributed by atoms with Crippen LogP contribution in [0.4, 0.5) is 0 Å². The highest BCUT2D eigenvalue weighted by molar-refractivity contribution is 6.30. The summed E-state index contributed by atoms with van der Waals surface area (Å²) in [5, 5.41) is 0.266. The molecular weight excluding hydrogens is 224 g/mol. The number of hydrogen-bond acceptors (Lipinski definition) is 3. The minimum absolute atomic E-state index is 0.266. The fraction of sp³-hybridized carbons (Fsp3) is 0.167. The molecule has 0 N–H and O–H groups in total. The molecule has 0 saturated carbocycles. The number of aromatic nitrogens is 2. The predicted octanol–water partition coefficient (Wildman–Crippen LogP) is 3.48. The molecule has 1 aromatic heterocycles. The van der Waals surface area contributed by atoms with Crippen LogP contribution in [0.25, 0.3) is 0 Å². The van der Waals surface area contributed by atoms with E-state index in [4.69, 9.17) is 16.3 Å². The van der Waals surface area contributed by atoms with E-state index in [9.17, 15) is 0 Å². The van der Waals surface area contributed by atoms with Crippen LogP contribution in [0.2, 0.25) is 5.15 Å². The van der Waals surface area contributed by atoms with Gasteiger partial charge in [0.05, 0.1) is 0 Å². The molecule has 1 heterocycles. The fourth-order valence-electron chi connectivity index (χ4n) is 1.28. The zero-order valence-electron chi connectivity index (χ0n) is 8.85. The van der Waals surface area contributed by atoms with Crippen LogP contribution in [0.3, 0.4) is 0 Å². The highest BCUT2D eigenvalue weighted by atomic mass is 35.5. The molecule has 3 nitrogen and oxygen atoms in total. The van der Waals surface area contributed by atoms with Crippen LogP contribution < -0.4 is 4.74 Å². The summed E-state index contributed by atoms with van der Waals surface area (Å²) in [7, 11) is 0. The molecule has 0 fully saturated rings. The molecule has 82 valence electrons. The lowest BCUT2D eigenvalue weighted by molar-refractivity contribution is 0.460. The van der Waals surface area contributed by atoms with Crippen molar-refractivity contribution in [1.29, 1.82) is 0 Å². The molecule has 0 spiro atoms. The Morgan fingerprint density at radius 1 is 1.12 bits per heavy atom. The minimum atomic E-state index is 0.266. The molecule has 0 radical (unpaired) electrons. The maximum atomic E-state index is 5.83. The SMILES string of the molecule is CCc1ccc(Oc2nccnc2Cl)cc1. The largest absolute Gasteiger partial charge is 0.436 e. The summed E-state index contributed by atoms with van der Waals surface area (Å²) in [5.41, 5.74) is 1.26. The van der Waals surface area contributed by atoms with Gasteiger partial charge in [0.25, 0.3) is 5.88 Å². The van der Waals surface area contributed by atoms with Gasteiger partial charge < -0.3 is 4.74 Å². The Balaban J connectivity index is 2.18. The Hall–Kier alpha value is -1.61. The van der Waals surface area contributed by atoms with Gasteiger partial charge in [-0.3, -0.25) is 0 Å². The van der Waals surface area contributed by atoms with Crippen molar-refractivity contribution in [2.75, 3.05) is 0 Å². The van der Waals surface area contributed by atoms with E-state index in [1.165, 1.54) is 11.8 Å². The summed E-state index contributed by atoms with van der Waals surface area (Å²) in [6, 6.07) is 7.81. The van der Waals surface area contributed by atoms with E-state index in [1.807, 2.05) is 24.3 Å². The summed E-state index contributed by atoms with van der Waals surface area (Å²) >= 11 is 5.83. The number of rotatable bonds is 3. The summed E-state index contributed by atoms with van der Waals surface area (Å²) in [4.78, 5) is 7.89. The Bertz CT molecular complexity index is 471. The highest BCUT2D eigenvalue weighted by Gasteiger charge is 2.04.